The Hall–Kier alpha value is -4.26. The number of hydrogen-bond donors (Lipinski definition) is 1. The van der Waals surface area contributed by atoms with Crippen LogP contribution in [-0.2, 0) is 4.79 Å². The molecule has 1 aliphatic heterocycles. The maximum atomic E-state index is 13.3. The number of rotatable bonds is 4. The van der Waals surface area contributed by atoms with Crippen LogP contribution in [0.25, 0.3) is 22.1 Å². The van der Waals surface area contributed by atoms with Crippen LogP contribution in [0.3, 0.4) is 0 Å². The Bertz CT molecular complexity index is 1430. The van der Waals surface area contributed by atoms with Gasteiger partial charge in [-0.25, -0.2) is 0 Å². The second kappa shape index (κ2) is 8.02. The number of methoxy groups -OCH3 is 2. The van der Waals surface area contributed by atoms with Crippen molar-refractivity contribution in [2.45, 2.75) is 12.3 Å². The third-order valence-electron chi connectivity index (χ3n) is 5.88. The molecule has 0 saturated carbocycles. The van der Waals surface area contributed by atoms with Gasteiger partial charge in [-0.1, -0.05) is 18.2 Å². The van der Waals surface area contributed by atoms with Crippen LogP contribution in [0.2, 0.25) is 0 Å². The largest absolute Gasteiger partial charge is 0.508 e. The van der Waals surface area contributed by atoms with Gasteiger partial charge in [0.05, 0.1) is 31.6 Å². The van der Waals surface area contributed by atoms with Crippen molar-refractivity contribution < 1.29 is 28.5 Å². The topological polar surface area (TPSA) is 95.2 Å². The van der Waals surface area contributed by atoms with Crippen molar-refractivity contribution in [3.05, 3.63) is 82.2 Å². The second-order valence-electron chi connectivity index (χ2n) is 7.72. The number of carbonyl (C=O) groups is 1. The first-order chi connectivity index (χ1) is 16.0. The standard InChI is InChI=1S/C26H20O7/c1-30-16-7-8-17(22(11-16)31-2)19-12-23(28)33-21-10-9-18-25(29)20(13-32-26(18)24(19)21)14-3-5-15(27)6-4-14/h3-11,13,19,27H,12H2,1-2H3/t19-/m1/s1. The lowest BCUT2D eigenvalue weighted by molar-refractivity contribution is -0.135. The minimum absolute atomic E-state index is 0.0677. The highest BCUT2D eigenvalue weighted by atomic mass is 16.5. The Labute approximate surface area is 188 Å². The van der Waals surface area contributed by atoms with Gasteiger partial charge < -0.3 is 23.7 Å². The molecule has 166 valence electrons. The molecule has 0 fully saturated rings. The molecule has 0 spiro atoms. The highest BCUT2D eigenvalue weighted by Crippen LogP contribution is 2.45. The van der Waals surface area contributed by atoms with E-state index in [1.54, 1.807) is 50.6 Å². The molecule has 0 bridgehead atoms. The highest BCUT2D eigenvalue weighted by molar-refractivity contribution is 5.90. The molecular formula is C26H20O7. The quantitative estimate of drug-likeness (QED) is 0.362. The summed E-state index contributed by atoms with van der Waals surface area (Å²) in [7, 11) is 3.11. The van der Waals surface area contributed by atoms with Gasteiger partial charge in [0.1, 0.15) is 34.8 Å². The van der Waals surface area contributed by atoms with E-state index in [-0.39, 0.29) is 23.6 Å². The van der Waals surface area contributed by atoms with E-state index in [1.165, 1.54) is 18.4 Å². The summed E-state index contributed by atoms with van der Waals surface area (Å²) in [6, 6.07) is 14.9. The van der Waals surface area contributed by atoms with Gasteiger partial charge in [-0.3, -0.25) is 9.59 Å². The van der Waals surface area contributed by atoms with Crippen molar-refractivity contribution >= 4 is 16.9 Å². The van der Waals surface area contributed by atoms with Crippen LogP contribution in [0.1, 0.15) is 23.5 Å². The van der Waals surface area contributed by atoms with E-state index in [1.807, 2.05) is 6.07 Å². The number of aromatic hydroxyl groups is 1. The lowest BCUT2D eigenvalue weighted by atomic mass is 9.84. The number of carbonyl (C=O) groups excluding carboxylic acids is 1. The summed E-state index contributed by atoms with van der Waals surface area (Å²) in [6.07, 6.45) is 1.47. The molecule has 0 amide bonds. The third kappa shape index (κ3) is 3.47. The molecule has 1 N–H and O–H groups in total. The van der Waals surface area contributed by atoms with Crippen LogP contribution < -0.4 is 19.6 Å². The van der Waals surface area contributed by atoms with E-state index in [4.69, 9.17) is 18.6 Å². The molecule has 1 aromatic heterocycles. The fourth-order valence-electron chi connectivity index (χ4n) is 4.27. The van der Waals surface area contributed by atoms with Crippen LogP contribution in [-0.4, -0.2) is 25.3 Å². The zero-order valence-electron chi connectivity index (χ0n) is 18.0. The summed E-state index contributed by atoms with van der Waals surface area (Å²) < 4.78 is 22.3. The minimum atomic E-state index is -0.437. The molecule has 0 radical (unpaired) electrons. The normalized spacial score (nSPS) is 15.1. The highest BCUT2D eigenvalue weighted by Gasteiger charge is 2.34. The summed E-state index contributed by atoms with van der Waals surface area (Å²) in [5.41, 5.74) is 2.51. The van der Waals surface area contributed by atoms with Gasteiger partial charge in [0, 0.05) is 23.1 Å². The van der Waals surface area contributed by atoms with Crippen molar-refractivity contribution in [3.63, 3.8) is 0 Å². The number of phenols is 1. The number of phenolic OH excluding ortho intramolecular Hbond substituents is 1. The Morgan fingerprint density at radius 1 is 0.970 bits per heavy atom. The molecule has 0 saturated heterocycles. The second-order valence-corrected chi connectivity index (χ2v) is 7.72. The van der Waals surface area contributed by atoms with Crippen molar-refractivity contribution in [1.29, 1.82) is 0 Å². The van der Waals surface area contributed by atoms with E-state index in [0.717, 1.165) is 5.56 Å². The van der Waals surface area contributed by atoms with E-state index in [9.17, 15) is 14.7 Å². The average Bonchev–Trinajstić information content (AvgIpc) is 2.83. The predicted octanol–water partition coefficient (Wildman–Crippen LogP) is 4.62. The van der Waals surface area contributed by atoms with Crippen molar-refractivity contribution in [2.75, 3.05) is 14.2 Å². The summed E-state index contributed by atoms with van der Waals surface area (Å²) in [4.78, 5) is 25.7. The van der Waals surface area contributed by atoms with Crippen LogP contribution >= 0.6 is 0 Å². The van der Waals surface area contributed by atoms with E-state index >= 15 is 0 Å². The van der Waals surface area contributed by atoms with Gasteiger partial charge in [0.25, 0.3) is 0 Å². The van der Waals surface area contributed by atoms with Gasteiger partial charge in [-0.2, -0.15) is 0 Å². The van der Waals surface area contributed by atoms with E-state index in [0.29, 0.717) is 44.9 Å². The molecule has 4 aromatic rings. The van der Waals surface area contributed by atoms with Crippen LogP contribution in [0.5, 0.6) is 23.0 Å². The fraction of sp³-hybridized carbons (Fsp3) is 0.154. The first-order valence-corrected chi connectivity index (χ1v) is 10.3. The van der Waals surface area contributed by atoms with Gasteiger partial charge >= 0.3 is 5.97 Å². The maximum absolute atomic E-state index is 13.3. The number of ether oxygens (including phenoxy) is 3. The first-order valence-electron chi connectivity index (χ1n) is 10.3. The Balaban J connectivity index is 1.72. The Morgan fingerprint density at radius 2 is 1.76 bits per heavy atom. The zero-order valence-corrected chi connectivity index (χ0v) is 18.0. The van der Waals surface area contributed by atoms with Crippen LogP contribution in [0.4, 0.5) is 0 Å². The lowest BCUT2D eigenvalue weighted by Crippen LogP contribution is -2.22. The first kappa shape index (κ1) is 20.6. The fourth-order valence-corrected chi connectivity index (χ4v) is 4.27. The maximum Gasteiger partial charge on any atom is 0.312 e. The molecule has 7 heteroatoms. The monoisotopic (exact) mass is 444 g/mol. The summed E-state index contributed by atoms with van der Waals surface area (Å²) in [5, 5.41) is 9.92. The number of benzene rings is 3. The van der Waals surface area contributed by atoms with Gasteiger partial charge in [-0.05, 0) is 35.9 Å². The molecule has 2 heterocycles. The van der Waals surface area contributed by atoms with Crippen LogP contribution in [0.15, 0.2) is 70.1 Å². The number of esters is 1. The number of fused-ring (bicyclic) bond motifs is 3. The molecule has 33 heavy (non-hydrogen) atoms. The average molecular weight is 444 g/mol. The molecular weight excluding hydrogens is 424 g/mol. The smallest absolute Gasteiger partial charge is 0.312 e. The summed E-state index contributed by atoms with van der Waals surface area (Å²) in [5.74, 6) is 0.816. The lowest BCUT2D eigenvalue weighted by Gasteiger charge is -2.26. The zero-order chi connectivity index (χ0) is 23.1. The molecule has 7 nitrogen and oxygen atoms in total. The van der Waals surface area contributed by atoms with Gasteiger partial charge in [0.2, 0.25) is 5.43 Å². The third-order valence-corrected chi connectivity index (χ3v) is 5.88. The van der Waals surface area contributed by atoms with Crippen molar-refractivity contribution in [1.82, 2.24) is 0 Å². The van der Waals surface area contributed by atoms with Crippen molar-refractivity contribution in [3.8, 4) is 34.1 Å². The molecule has 5 rings (SSSR count). The van der Waals surface area contributed by atoms with E-state index < -0.39 is 5.92 Å². The van der Waals surface area contributed by atoms with Gasteiger partial charge in [-0.15, -0.1) is 0 Å². The Morgan fingerprint density at radius 3 is 2.48 bits per heavy atom. The summed E-state index contributed by atoms with van der Waals surface area (Å²) >= 11 is 0. The van der Waals surface area contributed by atoms with Crippen LogP contribution in [0, 0.1) is 0 Å². The molecule has 1 atom stereocenters. The molecule has 0 unspecified atom stereocenters. The van der Waals surface area contributed by atoms with Gasteiger partial charge in [0.15, 0.2) is 0 Å². The summed E-state index contributed by atoms with van der Waals surface area (Å²) in [6.45, 7) is 0. The molecule has 3 aromatic carbocycles. The Kier molecular flexibility index (Phi) is 5.01. The molecule has 0 aliphatic carbocycles. The SMILES string of the molecule is COc1ccc([C@H]2CC(=O)Oc3ccc4c(=O)c(-c5ccc(O)cc5)coc4c32)c(OC)c1. The minimum Gasteiger partial charge on any atom is -0.508 e. The number of hydrogen-bond acceptors (Lipinski definition) is 7. The molecule has 1 aliphatic rings. The van der Waals surface area contributed by atoms with Crippen molar-refractivity contribution in [2.24, 2.45) is 0 Å². The predicted molar refractivity (Wildman–Crippen MR) is 121 cm³/mol. The van der Waals surface area contributed by atoms with E-state index in [2.05, 4.69) is 0 Å².